The minimum Gasteiger partial charge on any atom is -0.390 e. The Morgan fingerprint density at radius 1 is 1.62 bits per heavy atom. The molecular weight excluding hydrogens is 288 g/mol. The van der Waals surface area contributed by atoms with Crippen LogP contribution in [0.15, 0.2) is 15.9 Å². The van der Waals surface area contributed by atoms with Crippen molar-refractivity contribution in [3.05, 3.63) is 20.8 Å². The lowest BCUT2D eigenvalue weighted by atomic mass is 10.1. The van der Waals surface area contributed by atoms with Crippen molar-refractivity contribution < 1.29 is 9.84 Å². The predicted octanol–water partition coefficient (Wildman–Crippen LogP) is 3.23. The van der Waals surface area contributed by atoms with Crippen LogP contribution in [0.5, 0.6) is 0 Å². The van der Waals surface area contributed by atoms with Gasteiger partial charge in [0.1, 0.15) is 0 Å². The Labute approximate surface area is 109 Å². The van der Waals surface area contributed by atoms with E-state index in [0.29, 0.717) is 18.9 Å². The van der Waals surface area contributed by atoms with Crippen LogP contribution in [0, 0.1) is 5.92 Å². The van der Waals surface area contributed by atoms with E-state index in [-0.39, 0.29) is 12.2 Å². The Morgan fingerprint density at radius 3 is 2.88 bits per heavy atom. The molecule has 1 aliphatic rings. The number of rotatable bonds is 6. The van der Waals surface area contributed by atoms with E-state index in [9.17, 15) is 5.11 Å². The SMILES string of the molecule is CCOC(C(O)Cc1cc(Br)cs1)C1CC1. The Hall–Kier alpha value is 0.1000. The molecule has 1 saturated carbocycles. The van der Waals surface area contributed by atoms with E-state index >= 15 is 0 Å². The van der Waals surface area contributed by atoms with Crippen LogP contribution in [-0.2, 0) is 11.2 Å². The van der Waals surface area contributed by atoms with Gasteiger partial charge in [0.2, 0.25) is 0 Å². The molecule has 90 valence electrons. The first kappa shape index (κ1) is 12.6. The fraction of sp³-hybridized carbons (Fsp3) is 0.667. The molecular formula is C12H17BrO2S. The van der Waals surface area contributed by atoms with Crippen molar-refractivity contribution in [3.8, 4) is 0 Å². The average Bonchev–Trinajstić information content (AvgIpc) is 3.00. The quantitative estimate of drug-likeness (QED) is 0.874. The molecule has 0 spiro atoms. The predicted molar refractivity (Wildman–Crippen MR) is 69.9 cm³/mol. The van der Waals surface area contributed by atoms with Crippen molar-refractivity contribution in [2.75, 3.05) is 6.61 Å². The summed E-state index contributed by atoms with van der Waals surface area (Å²) >= 11 is 5.11. The fourth-order valence-corrected chi connectivity index (χ4v) is 3.46. The van der Waals surface area contributed by atoms with E-state index in [0.717, 1.165) is 4.47 Å². The van der Waals surface area contributed by atoms with Gasteiger partial charge in [0.05, 0.1) is 12.2 Å². The molecule has 2 nitrogen and oxygen atoms in total. The van der Waals surface area contributed by atoms with Gasteiger partial charge in [-0.15, -0.1) is 11.3 Å². The molecule has 0 aliphatic heterocycles. The van der Waals surface area contributed by atoms with Crippen LogP contribution in [0.2, 0.25) is 0 Å². The summed E-state index contributed by atoms with van der Waals surface area (Å²) in [6.07, 6.45) is 2.78. The lowest BCUT2D eigenvalue weighted by molar-refractivity contribution is -0.0436. The van der Waals surface area contributed by atoms with Crippen molar-refractivity contribution in [2.24, 2.45) is 5.92 Å². The highest BCUT2D eigenvalue weighted by Crippen LogP contribution is 2.37. The number of aliphatic hydroxyl groups is 1. The van der Waals surface area contributed by atoms with Crippen molar-refractivity contribution in [1.29, 1.82) is 0 Å². The summed E-state index contributed by atoms with van der Waals surface area (Å²) in [7, 11) is 0. The minimum absolute atomic E-state index is 0.0332. The van der Waals surface area contributed by atoms with Crippen LogP contribution in [0.25, 0.3) is 0 Å². The van der Waals surface area contributed by atoms with Crippen LogP contribution in [0.3, 0.4) is 0 Å². The van der Waals surface area contributed by atoms with Gasteiger partial charge in [-0.25, -0.2) is 0 Å². The first-order valence-corrected chi connectivity index (χ1v) is 7.40. The average molecular weight is 305 g/mol. The van der Waals surface area contributed by atoms with Crippen molar-refractivity contribution in [3.63, 3.8) is 0 Å². The van der Waals surface area contributed by atoms with Crippen molar-refractivity contribution >= 4 is 27.3 Å². The van der Waals surface area contributed by atoms with E-state index in [1.807, 2.05) is 6.92 Å². The third-order valence-corrected chi connectivity index (χ3v) is 4.58. The number of halogens is 1. The monoisotopic (exact) mass is 304 g/mol. The number of thiophene rings is 1. The summed E-state index contributed by atoms with van der Waals surface area (Å²) < 4.78 is 6.75. The number of aliphatic hydroxyl groups excluding tert-OH is 1. The zero-order chi connectivity index (χ0) is 11.5. The molecule has 0 radical (unpaired) electrons. The standard InChI is InChI=1S/C12H17BrO2S/c1-2-15-12(8-3-4-8)11(14)6-10-5-9(13)7-16-10/h5,7-8,11-12,14H,2-4,6H2,1H3. The van der Waals surface area contributed by atoms with Crippen LogP contribution in [0.1, 0.15) is 24.6 Å². The maximum absolute atomic E-state index is 10.2. The topological polar surface area (TPSA) is 29.5 Å². The minimum atomic E-state index is -0.363. The molecule has 16 heavy (non-hydrogen) atoms. The Bertz CT molecular complexity index is 336. The van der Waals surface area contributed by atoms with Gasteiger partial charge in [-0.1, -0.05) is 0 Å². The Morgan fingerprint density at radius 2 is 2.38 bits per heavy atom. The molecule has 2 unspecified atom stereocenters. The molecule has 2 atom stereocenters. The summed E-state index contributed by atoms with van der Waals surface area (Å²) in [4.78, 5) is 1.21. The van der Waals surface area contributed by atoms with Gasteiger partial charge in [0.15, 0.2) is 0 Å². The van der Waals surface area contributed by atoms with Gasteiger partial charge in [-0.05, 0) is 47.7 Å². The summed E-state index contributed by atoms with van der Waals surface area (Å²) in [5.41, 5.74) is 0. The van der Waals surface area contributed by atoms with Gasteiger partial charge >= 0.3 is 0 Å². The van der Waals surface area contributed by atoms with Crippen molar-refractivity contribution in [1.82, 2.24) is 0 Å². The normalized spacial score (nSPS) is 19.7. The number of hydrogen-bond donors (Lipinski definition) is 1. The largest absolute Gasteiger partial charge is 0.390 e. The first-order chi connectivity index (χ1) is 7.70. The molecule has 1 aromatic heterocycles. The molecule has 1 aliphatic carbocycles. The molecule has 1 N–H and O–H groups in total. The highest BCUT2D eigenvalue weighted by molar-refractivity contribution is 9.10. The molecule has 0 bridgehead atoms. The third kappa shape index (κ3) is 3.29. The molecule has 1 heterocycles. The highest BCUT2D eigenvalue weighted by Gasteiger charge is 2.36. The maximum atomic E-state index is 10.2. The van der Waals surface area contributed by atoms with Crippen LogP contribution in [-0.4, -0.2) is 23.9 Å². The summed E-state index contributed by atoms with van der Waals surface area (Å²) in [5, 5.41) is 12.2. The summed E-state index contributed by atoms with van der Waals surface area (Å²) in [6, 6.07) is 2.07. The summed E-state index contributed by atoms with van der Waals surface area (Å²) in [5.74, 6) is 0.582. The van der Waals surface area contributed by atoms with E-state index in [4.69, 9.17) is 4.74 Å². The zero-order valence-corrected chi connectivity index (χ0v) is 11.8. The van der Waals surface area contributed by atoms with Gasteiger partial charge in [0, 0.05) is 27.8 Å². The molecule has 2 rings (SSSR count). The Kier molecular flexibility index (Phi) is 4.41. The molecule has 1 aromatic rings. The fourth-order valence-electron chi connectivity index (χ4n) is 1.96. The Balaban J connectivity index is 1.91. The number of hydrogen-bond acceptors (Lipinski definition) is 3. The second-order valence-electron chi connectivity index (χ2n) is 4.26. The van der Waals surface area contributed by atoms with Crippen LogP contribution in [0.4, 0.5) is 0 Å². The van der Waals surface area contributed by atoms with Crippen LogP contribution < -0.4 is 0 Å². The van der Waals surface area contributed by atoms with E-state index < -0.39 is 0 Å². The second-order valence-corrected chi connectivity index (χ2v) is 6.17. The van der Waals surface area contributed by atoms with Gasteiger partial charge in [-0.3, -0.25) is 0 Å². The molecule has 4 heteroatoms. The third-order valence-electron chi connectivity index (χ3n) is 2.86. The molecule has 0 saturated heterocycles. The maximum Gasteiger partial charge on any atom is 0.0865 e. The molecule has 0 aromatic carbocycles. The van der Waals surface area contributed by atoms with Gasteiger partial charge in [0.25, 0.3) is 0 Å². The number of ether oxygens (including phenoxy) is 1. The first-order valence-electron chi connectivity index (χ1n) is 5.73. The van der Waals surface area contributed by atoms with E-state index in [1.165, 1.54) is 17.7 Å². The lowest BCUT2D eigenvalue weighted by Crippen LogP contribution is -2.32. The molecule has 1 fully saturated rings. The smallest absolute Gasteiger partial charge is 0.0865 e. The lowest BCUT2D eigenvalue weighted by Gasteiger charge is -2.22. The van der Waals surface area contributed by atoms with Crippen LogP contribution >= 0.6 is 27.3 Å². The van der Waals surface area contributed by atoms with Gasteiger partial charge in [-0.2, -0.15) is 0 Å². The zero-order valence-electron chi connectivity index (χ0n) is 9.36. The van der Waals surface area contributed by atoms with E-state index in [2.05, 4.69) is 27.4 Å². The second kappa shape index (κ2) is 5.63. The van der Waals surface area contributed by atoms with Gasteiger partial charge < -0.3 is 9.84 Å². The van der Waals surface area contributed by atoms with Crippen molar-refractivity contribution in [2.45, 2.75) is 38.4 Å². The molecule has 0 amide bonds. The summed E-state index contributed by atoms with van der Waals surface area (Å²) in [6.45, 7) is 2.68. The van der Waals surface area contributed by atoms with E-state index in [1.54, 1.807) is 11.3 Å². The highest BCUT2D eigenvalue weighted by atomic mass is 79.9.